The molecule has 31 heavy (non-hydrogen) atoms. The molecule has 0 bridgehead atoms. The van der Waals surface area contributed by atoms with Crippen LogP contribution in [0.2, 0.25) is 0 Å². The summed E-state index contributed by atoms with van der Waals surface area (Å²) < 4.78 is 5.95. The van der Waals surface area contributed by atoms with Crippen molar-refractivity contribution >= 4 is 11.6 Å². The fourth-order valence-corrected chi connectivity index (χ4v) is 3.46. The highest BCUT2D eigenvalue weighted by atomic mass is 16.5. The van der Waals surface area contributed by atoms with Crippen LogP contribution in [0.3, 0.4) is 0 Å². The molecule has 0 aliphatic rings. The zero-order chi connectivity index (χ0) is 22.1. The summed E-state index contributed by atoms with van der Waals surface area (Å²) in [7, 11) is 0. The van der Waals surface area contributed by atoms with Crippen molar-refractivity contribution in [3.8, 4) is 16.9 Å². The summed E-state index contributed by atoms with van der Waals surface area (Å²) in [5.41, 5.74) is 4.87. The fourth-order valence-electron chi connectivity index (χ4n) is 3.46. The predicted molar refractivity (Wildman–Crippen MR) is 129 cm³/mol. The lowest BCUT2D eigenvalue weighted by atomic mass is 10.0. The minimum atomic E-state index is -0.146. The second-order valence-corrected chi connectivity index (χ2v) is 7.45. The van der Waals surface area contributed by atoms with Gasteiger partial charge in [-0.2, -0.15) is 0 Å². The Hall–Kier alpha value is -3.11. The average molecular weight is 417 g/mol. The number of aryl methyl sites for hydroxylation is 1. The van der Waals surface area contributed by atoms with Gasteiger partial charge in [0.2, 0.25) is 0 Å². The second-order valence-electron chi connectivity index (χ2n) is 7.45. The Balaban J connectivity index is 1.64. The number of nitrogens with one attached hydrogen (secondary N) is 1. The van der Waals surface area contributed by atoms with Crippen LogP contribution in [-0.2, 0) is 6.42 Å². The summed E-state index contributed by atoms with van der Waals surface area (Å²) in [6.07, 6.45) is 1.03. The summed E-state index contributed by atoms with van der Waals surface area (Å²) in [4.78, 5) is 15.1. The molecular weight excluding hydrogens is 384 g/mol. The van der Waals surface area contributed by atoms with Gasteiger partial charge < -0.3 is 15.0 Å². The Morgan fingerprint density at radius 2 is 1.45 bits per heavy atom. The van der Waals surface area contributed by atoms with Crippen molar-refractivity contribution in [2.75, 3.05) is 31.6 Å². The van der Waals surface area contributed by atoms with Gasteiger partial charge in [-0.15, -0.1) is 0 Å². The van der Waals surface area contributed by atoms with Gasteiger partial charge in [-0.1, -0.05) is 69.3 Å². The lowest BCUT2D eigenvalue weighted by Gasteiger charge is -2.19. The summed E-state index contributed by atoms with van der Waals surface area (Å²) in [6.45, 7) is 9.87. The van der Waals surface area contributed by atoms with Gasteiger partial charge in [0.15, 0.2) is 0 Å². The number of carbonyl (C=O) groups is 1. The highest BCUT2D eigenvalue weighted by molar-refractivity contribution is 6.05. The molecular formula is C27H32N2O2. The molecule has 0 aromatic heterocycles. The van der Waals surface area contributed by atoms with E-state index in [2.05, 4.69) is 55.3 Å². The molecule has 3 aromatic carbocycles. The van der Waals surface area contributed by atoms with Gasteiger partial charge in [0.25, 0.3) is 5.91 Å². The monoisotopic (exact) mass is 416 g/mol. The van der Waals surface area contributed by atoms with Crippen LogP contribution in [0.4, 0.5) is 5.69 Å². The molecule has 0 atom stereocenters. The Morgan fingerprint density at radius 3 is 2.06 bits per heavy atom. The second kappa shape index (κ2) is 11.3. The molecule has 0 saturated heterocycles. The van der Waals surface area contributed by atoms with E-state index in [0.29, 0.717) is 23.6 Å². The first-order valence-corrected chi connectivity index (χ1v) is 11.1. The van der Waals surface area contributed by atoms with E-state index in [-0.39, 0.29) is 5.91 Å². The molecule has 162 valence electrons. The summed E-state index contributed by atoms with van der Waals surface area (Å²) >= 11 is 0. The van der Waals surface area contributed by atoms with E-state index in [9.17, 15) is 4.79 Å². The van der Waals surface area contributed by atoms with Crippen LogP contribution in [-0.4, -0.2) is 37.0 Å². The van der Waals surface area contributed by atoms with Crippen molar-refractivity contribution in [1.82, 2.24) is 4.90 Å². The highest BCUT2D eigenvalue weighted by Crippen LogP contribution is 2.25. The molecule has 4 nitrogen and oxygen atoms in total. The molecule has 0 spiro atoms. The lowest BCUT2D eigenvalue weighted by molar-refractivity contribution is 0.102. The largest absolute Gasteiger partial charge is 0.490 e. The van der Waals surface area contributed by atoms with Gasteiger partial charge in [0.1, 0.15) is 12.4 Å². The molecule has 0 aliphatic carbocycles. The first-order chi connectivity index (χ1) is 15.1. The molecule has 1 N–H and O–H groups in total. The Morgan fingerprint density at radius 1 is 0.839 bits per heavy atom. The summed E-state index contributed by atoms with van der Waals surface area (Å²) in [5, 5.41) is 2.99. The summed E-state index contributed by atoms with van der Waals surface area (Å²) in [5.74, 6) is 0.545. The smallest absolute Gasteiger partial charge is 0.255 e. The maximum absolute atomic E-state index is 12.8. The van der Waals surface area contributed by atoms with Gasteiger partial charge in [-0.05, 0) is 60.5 Å². The average Bonchev–Trinajstić information content (AvgIpc) is 2.83. The minimum absolute atomic E-state index is 0.146. The van der Waals surface area contributed by atoms with Crippen LogP contribution in [0.5, 0.6) is 5.75 Å². The van der Waals surface area contributed by atoms with Crippen molar-refractivity contribution < 1.29 is 9.53 Å². The summed E-state index contributed by atoms with van der Waals surface area (Å²) in [6, 6.07) is 23.8. The number of likely N-dealkylation sites (N-methyl/N-ethyl adjacent to an activating group) is 1. The number of benzene rings is 3. The number of carbonyl (C=O) groups excluding carboxylic acids is 1. The maximum atomic E-state index is 12.8. The van der Waals surface area contributed by atoms with Crippen molar-refractivity contribution in [2.45, 2.75) is 27.2 Å². The quantitative estimate of drug-likeness (QED) is 0.448. The molecule has 0 unspecified atom stereocenters. The van der Waals surface area contributed by atoms with E-state index in [1.54, 1.807) is 0 Å². The van der Waals surface area contributed by atoms with Crippen molar-refractivity contribution in [2.24, 2.45) is 0 Å². The van der Waals surface area contributed by atoms with E-state index in [0.717, 1.165) is 37.2 Å². The molecule has 3 aromatic rings. The predicted octanol–water partition coefficient (Wildman–Crippen LogP) is 5.89. The van der Waals surface area contributed by atoms with Gasteiger partial charge in [0.05, 0.1) is 5.69 Å². The number of hydrogen-bond donors (Lipinski definition) is 1. The minimum Gasteiger partial charge on any atom is -0.490 e. The topological polar surface area (TPSA) is 41.6 Å². The third-order valence-corrected chi connectivity index (χ3v) is 5.54. The number of amides is 1. The number of rotatable bonds is 10. The first kappa shape index (κ1) is 22.6. The third-order valence-electron chi connectivity index (χ3n) is 5.54. The maximum Gasteiger partial charge on any atom is 0.255 e. The van der Waals surface area contributed by atoms with E-state index < -0.39 is 0 Å². The number of anilines is 1. The molecule has 0 heterocycles. The van der Waals surface area contributed by atoms with E-state index in [1.807, 2.05) is 48.5 Å². The van der Waals surface area contributed by atoms with E-state index in [4.69, 9.17) is 4.74 Å². The Labute approximate surface area is 185 Å². The molecule has 0 fully saturated rings. The molecule has 0 saturated carbocycles. The van der Waals surface area contributed by atoms with E-state index >= 15 is 0 Å². The van der Waals surface area contributed by atoms with Crippen LogP contribution in [0, 0.1) is 0 Å². The molecule has 3 rings (SSSR count). The first-order valence-electron chi connectivity index (χ1n) is 11.1. The van der Waals surface area contributed by atoms with Crippen molar-refractivity contribution in [1.29, 1.82) is 0 Å². The number of ether oxygens (including phenoxy) is 1. The molecule has 0 radical (unpaired) electrons. The zero-order valence-electron chi connectivity index (χ0n) is 18.7. The number of hydrogen-bond acceptors (Lipinski definition) is 3. The van der Waals surface area contributed by atoms with Crippen molar-refractivity contribution in [3.63, 3.8) is 0 Å². The van der Waals surface area contributed by atoms with Gasteiger partial charge in [-0.3, -0.25) is 4.79 Å². The highest BCUT2D eigenvalue weighted by Gasteiger charge is 2.11. The lowest BCUT2D eigenvalue weighted by Crippen LogP contribution is -2.28. The van der Waals surface area contributed by atoms with Crippen molar-refractivity contribution in [3.05, 3.63) is 83.9 Å². The number of nitrogens with zero attached hydrogens (tertiary/aromatic N) is 1. The van der Waals surface area contributed by atoms with Gasteiger partial charge in [-0.25, -0.2) is 0 Å². The Kier molecular flexibility index (Phi) is 8.25. The van der Waals surface area contributed by atoms with Gasteiger partial charge >= 0.3 is 0 Å². The van der Waals surface area contributed by atoms with Gasteiger partial charge in [0, 0.05) is 12.1 Å². The SMILES string of the molecule is CCc1ccc(-c2ccc(C(=O)Nc3ccccc3OCCN(CC)CC)cc2)cc1. The standard InChI is InChI=1S/C27H32N2O2/c1-4-21-11-13-22(14-12-21)23-15-17-24(18-16-23)27(30)28-25-9-7-8-10-26(25)31-20-19-29(5-2)6-3/h7-18H,4-6,19-20H2,1-3H3,(H,28,30). The molecule has 1 amide bonds. The van der Waals surface area contributed by atoms with Crippen LogP contribution in [0.1, 0.15) is 36.7 Å². The fraction of sp³-hybridized carbons (Fsp3) is 0.296. The van der Waals surface area contributed by atoms with Crippen LogP contribution in [0.15, 0.2) is 72.8 Å². The Bertz CT molecular complexity index is 961. The zero-order valence-corrected chi connectivity index (χ0v) is 18.7. The molecule has 4 heteroatoms. The van der Waals surface area contributed by atoms with E-state index in [1.165, 1.54) is 5.56 Å². The van der Waals surface area contributed by atoms with Crippen LogP contribution < -0.4 is 10.1 Å². The normalized spacial score (nSPS) is 10.8. The van der Waals surface area contributed by atoms with Crippen LogP contribution >= 0.6 is 0 Å². The van der Waals surface area contributed by atoms with Crippen LogP contribution in [0.25, 0.3) is 11.1 Å². The number of para-hydroxylation sites is 2. The molecule has 0 aliphatic heterocycles. The third kappa shape index (κ3) is 6.19.